The van der Waals surface area contributed by atoms with E-state index < -0.39 is 0 Å². The highest BCUT2D eigenvalue weighted by Gasteiger charge is 2.17. The summed E-state index contributed by atoms with van der Waals surface area (Å²) in [6, 6.07) is 19.2. The Morgan fingerprint density at radius 1 is 1.09 bits per heavy atom. The third-order valence-electron chi connectivity index (χ3n) is 5.06. The van der Waals surface area contributed by atoms with Gasteiger partial charge in [0.25, 0.3) is 5.91 Å². The van der Waals surface area contributed by atoms with Crippen molar-refractivity contribution in [2.24, 2.45) is 0 Å². The first-order valence-corrected chi connectivity index (χ1v) is 11.4. The van der Waals surface area contributed by atoms with Gasteiger partial charge < -0.3 is 9.73 Å². The van der Waals surface area contributed by atoms with E-state index in [9.17, 15) is 4.79 Å². The number of halogens is 1. The fourth-order valence-electron chi connectivity index (χ4n) is 3.45. The minimum Gasteiger partial charge on any atom is -0.446 e. The summed E-state index contributed by atoms with van der Waals surface area (Å²) >= 11 is 7.48. The number of oxazole rings is 1. The van der Waals surface area contributed by atoms with Crippen molar-refractivity contribution in [2.45, 2.75) is 13.1 Å². The summed E-state index contributed by atoms with van der Waals surface area (Å²) in [6.07, 6.45) is 3.19. The van der Waals surface area contributed by atoms with Crippen LogP contribution in [0, 0.1) is 0 Å². The number of thiophene rings is 1. The van der Waals surface area contributed by atoms with Gasteiger partial charge in [-0.15, -0.1) is 16.4 Å². The highest BCUT2D eigenvalue weighted by Crippen LogP contribution is 2.28. The van der Waals surface area contributed by atoms with Crippen LogP contribution < -0.4 is 5.32 Å². The van der Waals surface area contributed by atoms with Gasteiger partial charge in [-0.2, -0.15) is 0 Å². The van der Waals surface area contributed by atoms with Gasteiger partial charge in [-0.25, -0.2) is 9.67 Å². The molecular weight excluding hydrogens is 458 g/mol. The molecule has 5 rings (SSSR count). The van der Waals surface area contributed by atoms with Crippen molar-refractivity contribution in [1.82, 2.24) is 25.3 Å². The normalized spacial score (nSPS) is 10.9. The first-order chi connectivity index (χ1) is 16.2. The maximum atomic E-state index is 12.9. The predicted molar refractivity (Wildman–Crippen MR) is 127 cm³/mol. The molecule has 0 aliphatic heterocycles. The molecule has 0 aliphatic carbocycles. The zero-order valence-electron chi connectivity index (χ0n) is 17.3. The van der Waals surface area contributed by atoms with Crippen molar-refractivity contribution < 1.29 is 9.21 Å². The van der Waals surface area contributed by atoms with Crippen molar-refractivity contribution in [2.75, 3.05) is 0 Å². The van der Waals surface area contributed by atoms with E-state index in [2.05, 4.69) is 20.6 Å². The lowest BCUT2D eigenvalue weighted by atomic mass is 10.1. The molecule has 0 spiro atoms. The Morgan fingerprint density at radius 3 is 2.79 bits per heavy atom. The molecule has 0 bridgehead atoms. The third kappa shape index (κ3) is 4.72. The zero-order chi connectivity index (χ0) is 22.6. The molecule has 0 fully saturated rings. The van der Waals surface area contributed by atoms with Crippen molar-refractivity contribution in [1.29, 1.82) is 0 Å². The number of carbonyl (C=O) groups is 1. The Bertz CT molecular complexity index is 1390. The second-order valence-corrected chi connectivity index (χ2v) is 8.60. The molecule has 0 aliphatic rings. The number of hydrogen-bond acceptors (Lipinski definition) is 6. The molecule has 2 aromatic carbocycles. The summed E-state index contributed by atoms with van der Waals surface area (Å²) in [5.41, 5.74) is 4.18. The SMILES string of the molecule is O=C(NCc1ocnc1Cn1cc(-c2cccc(Cl)c2)nn1)c1sccc1-c1ccccc1. The molecule has 5 aromatic rings. The summed E-state index contributed by atoms with van der Waals surface area (Å²) < 4.78 is 7.20. The van der Waals surface area contributed by atoms with Gasteiger partial charge in [0.1, 0.15) is 17.1 Å². The van der Waals surface area contributed by atoms with Crippen LogP contribution in [0.25, 0.3) is 22.4 Å². The lowest BCUT2D eigenvalue weighted by molar-refractivity contribution is 0.0952. The molecule has 9 heteroatoms. The minimum atomic E-state index is -0.157. The number of carbonyl (C=O) groups excluding carboxylic acids is 1. The standard InChI is InChI=1S/C24H18ClN5O2S/c25-18-8-4-7-17(11-18)20-13-30(29-28-20)14-21-22(32-15-27-21)12-26-24(31)23-19(9-10-33-23)16-5-2-1-3-6-16/h1-11,13,15H,12,14H2,(H,26,31). The monoisotopic (exact) mass is 475 g/mol. The second kappa shape index (κ2) is 9.40. The summed E-state index contributed by atoms with van der Waals surface area (Å²) in [7, 11) is 0. The van der Waals surface area contributed by atoms with Crippen LogP contribution in [0.1, 0.15) is 21.1 Å². The Balaban J connectivity index is 1.26. The molecule has 3 aromatic heterocycles. The lowest BCUT2D eigenvalue weighted by Gasteiger charge is -2.06. The van der Waals surface area contributed by atoms with Crippen LogP contribution in [0.2, 0.25) is 5.02 Å². The summed E-state index contributed by atoms with van der Waals surface area (Å²) in [6.45, 7) is 0.583. The highest BCUT2D eigenvalue weighted by atomic mass is 35.5. The molecule has 1 N–H and O–H groups in total. The Morgan fingerprint density at radius 2 is 1.94 bits per heavy atom. The topological polar surface area (TPSA) is 85.8 Å². The number of hydrogen-bond donors (Lipinski definition) is 1. The number of rotatable bonds is 7. The zero-order valence-corrected chi connectivity index (χ0v) is 18.9. The van der Waals surface area contributed by atoms with Crippen molar-refractivity contribution >= 4 is 28.8 Å². The van der Waals surface area contributed by atoms with Gasteiger partial charge in [-0.1, -0.05) is 59.3 Å². The lowest BCUT2D eigenvalue weighted by Crippen LogP contribution is -2.23. The Labute approximate surface area is 198 Å². The minimum absolute atomic E-state index is 0.157. The van der Waals surface area contributed by atoms with E-state index in [1.165, 1.54) is 17.7 Å². The molecule has 3 heterocycles. The largest absolute Gasteiger partial charge is 0.446 e. The second-order valence-electron chi connectivity index (χ2n) is 7.25. The van der Waals surface area contributed by atoms with Crippen LogP contribution in [-0.4, -0.2) is 25.9 Å². The van der Waals surface area contributed by atoms with Gasteiger partial charge in [0.15, 0.2) is 6.39 Å². The van der Waals surface area contributed by atoms with Crippen LogP contribution in [0.15, 0.2) is 83.1 Å². The highest BCUT2D eigenvalue weighted by molar-refractivity contribution is 7.12. The summed E-state index contributed by atoms with van der Waals surface area (Å²) in [4.78, 5) is 17.8. The molecule has 33 heavy (non-hydrogen) atoms. The van der Waals surface area contributed by atoms with Crippen LogP contribution >= 0.6 is 22.9 Å². The molecule has 0 atom stereocenters. The van der Waals surface area contributed by atoms with Crippen molar-refractivity contribution in [3.05, 3.63) is 100.0 Å². The van der Waals surface area contributed by atoms with E-state index in [-0.39, 0.29) is 12.5 Å². The Kier molecular flexibility index (Phi) is 6.01. The number of benzene rings is 2. The maximum absolute atomic E-state index is 12.9. The number of nitrogens with one attached hydrogen (secondary N) is 1. The maximum Gasteiger partial charge on any atom is 0.262 e. The first-order valence-electron chi connectivity index (χ1n) is 10.2. The molecule has 0 saturated heterocycles. The van der Waals surface area contributed by atoms with Crippen LogP contribution in [0.3, 0.4) is 0 Å². The Hall–Kier alpha value is -3.75. The van der Waals surface area contributed by atoms with E-state index in [1.54, 1.807) is 4.68 Å². The van der Waals surface area contributed by atoms with E-state index in [4.69, 9.17) is 16.0 Å². The van der Waals surface area contributed by atoms with Gasteiger partial charge in [0.2, 0.25) is 0 Å². The fourth-order valence-corrected chi connectivity index (χ4v) is 4.47. The van der Waals surface area contributed by atoms with Crippen LogP contribution in [0.4, 0.5) is 0 Å². The van der Waals surface area contributed by atoms with E-state index in [0.29, 0.717) is 33.6 Å². The molecule has 0 saturated carbocycles. The number of nitrogens with zero attached hydrogens (tertiary/aromatic N) is 4. The molecule has 1 amide bonds. The third-order valence-corrected chi connectivity index (χ3v) is 6.21. The smallest absolute Gasteiger partial charge is 0.262 e. The van der Waals surface area contributed by atoms with Crippen molar-refractivity contribution in [3.8, 4) is 22.4 Å². The van der Waals surface area contributed by atoms with Crippen LogP contribution in [0.5, 0.6) is 0 Å². The van der Waals surface area contributed by atoms with E-state index in [1.807, 2.05) is 72.2 Å². The van der Waals surface area contributed by atoms with Gasteiger partial charge in [-0.05, 0) is 29.1 Å². The van der Waals surface area contributed by atoms with Crippen LogP contribution in [-0.2, 0) is 13.1 Å². The number of amides is 1. The van der Waals surface area contributed by atoms with Gasteiger partial charge in [0, 0.05) is 16.1 Å². The molecule has 164 valence electrons. The molecule has 7 nitrogen and oxygen atoms in total. The van der Waals surface area contributed by atoms with E-state index >= 15 is 0 Å². The van der Waals surface area contributed by atoms with Crippen molar-refractivity contribution in [3.63, 3.8) is 0 Å². The average molecular weight is 476 g/mol. The predicted octanol–water partition coefficient (Wildman–Crippen LogP) is 5.29. The fraction of sp³-hybridized carbons (Fsp3) is 0.0833. The summed E-state index contributed by atoms with van der Waals surface area (Å²) in [5, 5.41) is 13.9. The van der Waals surface area contributed by atoms with Gasteiger partial charge in [-0.3, -0.25) is 4.79 Å². The molecular formula is C24H18ClN5O2S. The van der Waals surface area contributed by atoms with E-state index in [0.717, 1.165) is 16.7 Å². The van der Waals surface area contributed by atoms with Gasteiger partial charge in [0.05, 0.1) is 24.2 Å². The molecule has 0 unspecified atom stereocenters. The summed E-state index contributed by atoms with van der Waals surface area (Å²) in [5.74, 6) is 0.413. The molecule has 0 radical (unpaired) electrons. The average Bonchev–Trinajstić information content (AvgIpc) is 3.60. The first kappa shape index (κ1) is 21.1. The quantitative estimate of drug-likeness (QED) is 0.345. The number of aromatic nitrogens is 4. The van der Waals surface area contributed by atoms with Gasteiger partial charge >= 0.3 is 0 Å².